The average Bonchev–Trinajstić information content (AvgIpc) is 3.29. The van der Waals surface area contributed by atoms with Gasteiger partial charge in [0.05, 0.1) is 12.0 Å². The van der Waals surface area contributed by atoms with Crippen LogP contribution in [-0.4, -0.2) is 35.1 Å². The van der Waals surface area contributed by atoms with Gasteiger partial charge in [0.25, 0.3) is 0 Å². The standard InChI is InChI=1S/C17H25NO2/c1-3-15(4-2)18(12-13-19)16(20)17(10-11-17)14-8-6-5-7-9-14/h5-9,15,19H,3-4,10-13H2,1-2H3. The molecule has 1 aliphatic rings. The molecule has 1 aromatic rings. The molecule has 0 heterocycles. The molecule has 0 aliphatic heterocycles. The van der Waals surface area contributed by atoms with Gasteiger partial charge in [-0.2, -0.15) is 0 Å². The smallest absolute Gasteiger partial charge is 0.233 e. The fraction of sp³-hybridized carbons (Fsp3) is 0.588. The summed E-state index contributed by atoms with van der Waals surface area (Å²) in [6.45, 7) is 4.69. The van der Waals surface area contributed by atoms with Crippen molar-refractivity contribution in [3.8, 4) is 0 Å². The minimum absolute atomic E-state index is 0.0348. The van der Waals surface area contributed by atoms with Gasteiger partial charge in [-0.1, -0.05) is 44.2 Å². The largest absolute Gasteiger partial charge is 0.395 e. The normalized spacial score (nSPS) is 16.2. The monoisotopic (exact) mass is 275 g/mol. The quantitative estimate of drug-likeness (QED) is 0.831. The molecule has 110 valence electrons. The zero-order valence-corrected chi connectivity index (χ0v) is 12.5. The molecule has 2 rings (SSSR count). The lowest BCUT2D eigenvalue weighted by atomic mass is 9.93. The lowest BCUT2D eigenvalue weighted by molar-refractivity contribution is -0.137. The third kappa shape index (κ3) is 2.73. The topological polar surface area (TPSA) is 40.5 Å². The molecule has 0 aromatic heterocycles. The van der Waals surface area contributed by atoms with Crippen LogP contribution in [0.2, 0.25) is 0 Å². The van der Waals surface area contributed by atoms with Gasteiger partial charge in [-0.25, -0.2) is 0 Å². The molecule has 0 saturated heterocycles. The maximum absolute atomic E-state index is 13.0. The molecular formula is C17H25NO2. The summed E-state index contributed by atoms with van der Waals surface area (Å²) >= 11 is 0. The van der Waals surface area contributed by atoms with E-state index in [1.54, 1.807) is 0 Å². The van der Waals surface area contributed by atoms with E-state index < -0.39 is 0 Å². The highest BCUT2D eigenvalue weighted by Gasteiger charge is 2.53. The van der Waals surface area contributed by atoms with Crippen molar-refractivity contribution in [2.45, 2.75) is 51.0 Å². The van der Waals surface area contributed by atoms with E-state index in [9.17, 15) is 9.90 Å². The lowest BCUT2D eigenvalue weighted by Crippen LogP contribution is -2.46. The van der Waals surface area contributed by atoms with Crippen LogP contribution in [0.4, 0.5) is 0 Å². The minimum atomic E-state index is -0.320. The van der Waals surface area contributed by atoms with Gasteiger partial charge in [0.1, 0.15) is 0 Å². The maximum atomic E-state index is 13.0. The highest BCUT2D eigenvalue weighted by Crippen LogP contribution is 2.49. The number of aliphatic hydroxyl groups excluding tert-OH is 1. The molecule has 1 N–H and O–H groups in total. The lowest BCUT2D eigenvalue weighted by Gasteiger charge is -2.33. The first-order valence-corrected chi connectivity index (χ1v) is 7.67. The van der Waals surface area contributed by atoms with Crippen LogP contribution in [0.3, 0.4) is 0 Å². The zero-order chi connectivity index (χ0) is 14.6. The molecule has 3 nitrogen and oxygen atoms in total. The Kier molecular flexibility index (Phi) is 4.81. The van der Waals surface area contributed by atoms with Gasteiger partial charge in [-0.05, 0) is 31.2 Å². The van der Waals surface area contributed by atoms with Crippen molar-refractivity contribution in [2.75, 3.05) is 13.2 Å². The summed E-state index contributed by atoms with van der Waals surface area (Å²) in [5.74, 6) is 0.200. The van der Waals surface area contributed by atoms with Crippen molar-refractivity contribution >= 4 is 5.91 Å². The summed E-state index contributed by atoms with van der Waals surface area (Å²) in [6.07, 6.45) is 3.73. The van der Waals surface area contributed by atoms with Gasteiger partial charge >= 0.3 is 0 Å². The Morgan fingerprint density at radius 2 is 1.85 bits per heavy atom. The van der Waals surface area contributed by atoms with Crippen molar-refractivity contribution < 1.29 is 9.90 Å². The zero-order valence-electron chi connectivity index (χ0n) is 12.5. The number of nitrogens with zero attached hydrogens (tertiary/aromatic N) is 1. The Labute approximate surface area is 121 Å². The summed E-state index contributed by atoms with van der Waals surface area (Å²) in [5.41, 5.74) is 0.804. The second-order valence-corrected chi connectivity index (χ2v) is 5.64. The van der Waals surface area contributed by atoms with Crippen LogP contribution >= 0.6 is 0 Å². The number of benzene rings is 1. The van der Waals surface area contributed by atoms with Gasteiger partial charge in [0, 0.05) is 12.6 Å². The number of hydrogen-bond acceptors (Lipinski definition) is 2. The number of carbonyl (C=O) groups excluding carboxylic acids is 1. The van der Waals surface area contributed by atoms with Crippen LogP contribution in [0.15, 0.2) is 30.3 Å². The molecule has 1 fully saturated rings. The summed E-state index contributed by atoms with van der Waals surface area (Å²) in [6, 6.07) is 10.3. The highest BCUT2D eigenvalue weighted by molar-refractivity contribution is 5.91. The molecule has 1 aliphatic carbocycles. The van der Waals surface area contributed by atoms with Gasteiger partial charge in [0.15, 0.2) is 0 Å². The first kappa shape index (κ1) is 15.0. The van der Waals surface area contributed by atoms with Gasteiger partial charge in [-0.3, -0.25) is 4.79 Å². The average molecular weight is 275 g/mol. The molecule has 1 amide bonds. The van der Waals surface area contributed by atoms with E-state index >= 15 is 0 Å². The van der Waals surface area contributed by atoms with Crippen molar-refractivity contribution in [3.63, 3.8) is 0 Å². The van der Waals surface area contributed by atoms with E-state index in [-0.39, 0.29) is 24.0 Å². The van der Waals surface area contributed by atoms with Crippen LogP contribution in [0.5, 0.6) is 0 Å². The van der Waals surface area contributed by atoms with E-state index in [0.29, 0.717) is 6.54 Å². The van der Waals surface area contributed by atoms with Crippen molar-refractivity contribution in [3.05, 3.63) is 35.9 Å². The third-order valence-electron chi connectivity index (χ3n) is 4.47. The minimum Gasteiger partial charge on any atom is -0.395 e. The van der Waals surface area contributed by atoms with Gasteiger partial charge in [0.2, 0.25) is 5.91 Å². The molecule has 0 radical (unpaired) electrons. The maximum Gasteiger partial charge on any atom is 0.233 e. The van der Waals surface area contributed by atoms with E-state index in [1.165, 1.54) is 0 Å². The second-order valence-electron chi connectivity index (χ2n) is 5.64. The number of amides is 1. The Bertz CT molecular complexity index is 436. The van der Waals surface area contributed by atoms with Gasteiger partial charge < -0.3 is 10.0 Å². The molecule has 1 saturated carbocycles. The summed E-state index contributed by atoms with van der Waals surface area (Å²) in [7, 11) is 0. The summed E-state index contributed by atoms with van der Waals surface area (Å²) < 4.78 is 0. The fourth-order valence-electron chi connectivity index (χ4n) is 3.07. The van der Waals surface area contributed by atoms with Gasteiger partial charge in [-0.15, -0.1) is 0 Å². The van der Waals surface area contributed by atoms with Crippen LogP contribution in [0.1, 0.15) is 45.1 Å². The van der Waals surface area contributed by atoms with Crippen LogP contribution < -0.4 is 0 Å². The Hall–Kier alpha value is -1.35. The molecule has 1 aromatic carbocycles. The van der Waals surface area contributed by atoms with Crippen molar-refractivity contribution in [2.24, 2.45) is 0 Å². The van der Waals surface area contributed by atoms with Crippen LogP contribution in [-0.2, 0) is 10.2 Å². The number of carbonyl (C=O) groups is 1. The third-order valence-corrected chi connectivity index (χ3v) is 4.47. The fourth-order valence-corrected chi connectivity index (χ4v) is 3.07. The Morgan fingerprint density at radius 3 is 2.30 bits per heavy atom. The molecule has 20 heavy (non-hydrogen) atoms. The molecule has 0 atom stereocenters. The Morgan fingerprint density at radius 1 is 1.25 bits per heavy atom. The second kappa shape index (κ2) is 6.40. The van der Waals surface area contributed by atoms with Crippen LogP contribution in [0, 0.1) is 0 Å². The Balaban J connectivity index is 2.23. The molecular weight excluding hydrogens is 250 g/mol. The highest BCUT2D eigenvalue weighted by atomic mass is 16.3. The predicted molar refractivity (Wildman–Crippen MR) is 80.5 cm³/mol. The van der Waals surface area contributed by atoms with E-state index in [0.717, 1.165) is 31.2 Å². The van der Waals surface area contributed by atoms with Crippen molar-refractivity contribution in [1.29, 1.82) is 0 Å². The first-order chi connectivity index (χ1) is 9.69. The van der Waals surface area contributed by atoms with E-state index in [1.807, 2.05) is 23.1 Å². The summed E-state index contributed by atoms with van der Waals surface area (Å²) in [4.78, 5) is 14.9. The molecule has 3 heteroatoms. The molecule has 0 unspecified atom stereocenters. The molecule has 0 bridgehead atoms. The first-order valence-electron chi connectivity index (χ1n) is 7.67. The number of rotatable bonds is 7. The number of hydrogen-bond donors (Lipinski definition) is 1. The number of aliphatic hydroxyl groups is 1. The summed E-state index contributed by atoms with van der Waals surface area (Å²) in [5, 5.41) is 9.29. The molecule has 0 spiro atoms. The van der Waals surface area contributed by atoms with E-state index in [2.05, 4.69) is 26.0 Å². The SMILES string of the molecule is CCC(CC)N(CCO)C(=O)C1(c2ccccc2)CC1. The predicted octanol–water partition coefficient (Wildman–Crippen LogP) is 2.73. The van der Waals surface area contributed by atoms with Crippen molar-refractivity contribution in [1.82, 2.24) is 4.90 Å². The van der Waals surface area contributed by atoms with Crippen LogP contribution in [0.25, 0.3) is 0 Å². The van der Waals surface area contributed by atoms with E-state index in [4.69, 9.17) is 0 Å².